The highest BCUT2D eigenvalue weighted by molar-refractivity contribution is 6.30. The Hall–Kier alpha value is -2.61. The van der Waals surface area contributed by atoms with Gasteiger partial charge in [0.15, 0.2) is 11.5 Å². The van der Waals surface area contributed by atoms with E-state index in [1.54, 1.807) is 24.4 Å². The number of alkyl halides is 3. The van der Waals surface area contributed by atoms with Crippen molar-refractivity contribution in [2.75, 3.05) is 5.32 Å². The molecule has 1 unspecified atom stereocenters. The minimum Gasteiger partial charge on any atom is -0.424 e. The maximum absolute atomic E-state index is 13.6. The van der Waals surface area contributed by atoms with Crippen LogP contribution in [0.25, 0.3) is 0 Å². The summed E-state index contributed by atoms with van der Waals surface area (Å²) in [5.41, 5.74) is 1.98. The first-order valence-corrected chi connectivity index (χ1v) is 7.89. The van der Waals surface area contributed by atoms with Gasteiger partial charge in [0.2, 0.25) is 0 Å². The SMILES string of the molecule is Cc1cccc(NC(=O)NC2(C(F)(F)F)Oc3ccc(Cl)cc3O2)c1C. The Labute approximate surface area is 152 Å². The molecule has 2 N–H and O–H groups in total. The van der Waals surface area contributed by atoms with Gasteiger partial charge in [-0.1, -0.05) is 23.7 Å². The Balaban J connectivity index is 1.85. The van der Waals surface area contributed by atoms with Crippen LogP contribution in [0.4, 0.5) is 23.7 Å². The third-order valence-electron chi connectivity index (χ3n) is 3.92. The van der Waals surface area contributed by atoms with E-state index in [-0.39, 0.29) is 16.5 Å². The molecule has 0 saturated heterocycles. The van der Waals surface area contributed by atoms with Crippen molar-refractivity contribution in [3.05, 3.63) is 52.5 Å². The first-order chi connectivity index (χ1) is 12.1. The highest BCUT2D eigenvalue weighted by Crippen LogP contribution is 2.46. The number of urea groups is 1. The lowest BCUT2D eigenvalue weighted by atomic mass is 10.1. The molecular formula is C17H14ClF3N2O3. The number of rotatable bonds is 2. The summed E-state index contributed by atoms with van der Waals surface area (Å²) in [5.74, 6) is -3.75. The second kappa shape index (κ2) is 6.28. The Kier molecular flexibility index (Phi) is 4.39. The van der Waals surface area contributed by atoms with Gasteiger partial charge in [0, 0.05) is 16.8 Å². The molecule has 26 heavy (non-hydrogen) atoms. The fraction of sp³-hybridized carbons (Fsp3) is 0.235. The molecule has 138 valence electrons. The number of fused-ring (bicyclic) bond motifs is 1. The van der Waals surface area contributed by atoms with Crippen molar-refractivity contribution in [3.63, 3.8) is 0 Å². The van der Waals surface area contributed by atoms with E-state index >= 15 is 0 Å². The van der Waals surface area contributed by atoms with E-state index < -0.39 is 18.1 Å². The van der Waals surface area contributed by atoms with Crippen LogP contribution >= 0.6 is 11.6 Å². The number of carbonyl (C=O) groups excluding carboxylic acids is 1. The lowest BCUT2D eigenvalue weighted by Crippen LogP contribution is -2.65. The number of amides is 2. The van der Waals surface area contributed by atoms with Crippen LogP contribution in [0.5, 0.6) is 11.5 Å². The standard InChI is InChI=1S/C17H14ClF3N2O3/c1-9-4-3-5-12(10(9)2)22-15(24)23-17(16(19,20)21)25-13-7-6-11(18)8-14(13)26-17/h3-8H,1-2H3,(H2,22,23,24). The van der Waals surface area contributed by atoms with Crippen LogP contribution in [-0.4, -0.2) is 18.1 Å². The summed E-state index contributed by atoms with van der Waals surface area (Å²) in [4.78, 5) is 12.2. The average molecular weight is 387 g/mol. The second-order valence-corrected chi connectivity index (χ2v) is 6.17. The number of nitrogens with one attached hydrogen (secondary N) is 2. The molecule has 1 atom stereocenters. The highest BCUT2D eigenvalue weighted by atomic mass is 35.5. The number of aryl methyl sites for hydroxylation is 1. The largest absolute Gasteiger partial charge is 0.492 e. The van der Waals surface area contributed by atoms with Gasteiger partial charge in [0.1, 0.15) is 0 Å². The quantitative estimate of drug-likeness (QED) is 0.782. The Bertz CT molecular complexity index is 873. The van der Waals surface area contributed by atoms with Gasteiger partial charge in [-0.05, 0) is 43.2 Å². The van der Waals surface area contributed by atoms with Crippen molar-refractivity contribution in [1.29, 1.82) is 0 Å². The average Bonchev–Trinajstić information content (AvgIpc) is 2.90. The molecule has 5 nitrogen and oxygen atoms in total. The number of hydrogen-bond donors (Lipinski definition) is 2. The van der Waals surface area contributed by atoms with E-state index in [1.807, 2.05) is 13.0 Å². The molecule has 0 bridgehead atoms. The van der Waals surface area contributed by atoms with Crippen LogP contribution in [0, 0.1) is 13.8 Å². The summed E-state index contributed by atoms with van der Waals surface area (Å²) >= 11 is 5.76. The molecule has 0 aromatic heterocycles. The maximum Gasteiger partial charge on any atom is 0.492 e. The van der Waals surface area contributed by atoms with Gasteiger partial charge < -0.3 is 14.8 Å². The van der Waals surface area contributed by atoms with Gasteiger partial charge in [-0.2, -0.15) is 13.2 Å². The predicted octanol–water partition coefficient (Wildman–Crippen LogP) is 4.77. The zero-order valence-electron chi connectivity index (χ0n) is 13.7. The fourth-order valence-electron chi connectivity index (χ4n) is 2.40. The molecule has 0 saturated carbocycles. The minimum atomic E-state index is -5.04. The number of benzene rings is 2. The number of ether oxygens (including phenoxy) is 2. The summed E-state index contributed by atoms with van der Waals surface area (Å²) in [7, 11) is 0. The van der Waals surface area contributed by atoms with Crippen molar-refractivity contribution in [2.45, 2.75) is 25.9 Å². The van der Waals surface area contributed by atoms with Crippen LogP contribution in [0.3, 0.4) is 0 Å². The summed E-state index contributed by atoms with van der Waals surface area (Å²) in [6.45, 7) is 3.56. The first kappa shape index (κ1) is 18.2. The topological polar surface area (TPSA) is 59.6 Å². The molecule has 9 heteroatoms. The molecule has 2 aromatic carbocycles. The lowest BCUT2D eigenvalue weighted by Gasteiger charge is -2.29. The van der Waals surface area contributed by atoms with Gasteiger partial charge in [-0.25, -0.2) is 4.79 Å². The van der Waals surface area contributed by atoms with Crippen molar-refractivity contribution >= 4 is 23.3 Å². The summed E-state index contributed by atoms with van der Waals surface area (Å²) in [5, 5.41) is 4.28. The van der Waals surface area contributed by atoms with Gasteiger partial charge in [-0.3, -0.25) is 5.32 Å². The monoisotopic (exact) mass is 386 g/mol. The number of carbonyl (C=O) groups is 1. The number of hydrogen-bond acceptors (Lipinski definition) is 3. The van der Waals surface area contributed by atoms with Gasteiger partial charge in [-0.15, -0.1) is 0 Å². The smallest absolute Gasteiger partial charge is 0.424 e. The van der Waals surface area contributed by atoms with Gasteiger partial charge >= 0.3 is 18.1 Å². The van der Waals surface area contributed by atoms with Gasteiger partial charge in [0.05, 0.1) is 0 Å². The van der Waals surface area contributed by atoms with Crippen molar-refractivity contribution in [3.8, 4) is 11.5 Å². The zero-order chi connectivity index (χ0) is 19.1. The first-order valence-electron chi connectivity index (χ1n) is 7.51. The Morgan fingerprint density at radius 1 is 1.12 bits per heavy atom. The molecule has 2 aromatic rings. The number of halogens is 4. The third-order valence-corrected chi connectivity index (χ3v) is 4.15. The van der Waals surface area contributed by atoms with E-state index in [1.165, 1.54) is 18.2 Å². The lowest BCUT2D eigenvalue weighted by molar-refractivity contribution is -0.317. The molecule has 0 fully saturated rings. The molecule has 1 heterocycles. The van der Waals surface area contributed by atoms with Gasteiger partial charge in [0.25, 0.3) is 0 Å². The highest BCUT2D eigenvalue weighted by Gasteiger charge is 2.65. The van der Waals surface area contributed by atoms with Crippen molar-refractivity contribution in [2.24, 2.45) is 0 Å². The zero-order valence-corrected chi connectivity index (χ0v) is 14.5. The van der Waals surface area contributed by atoms with E-state index in [0.29, 0.717) is 5.69 Å². The number of anilines is 1. The van der Waals surface area contributed by atoms with Crippen LogP contribution in [0.15, 0.2) is 36.4 Å². The van der Waals surface area contributed by atoms with Crippen molar-refractivity contribution in [1.82, 2.24) is 5.32 Å². The predicted molar refractivity (Wildman–Crippen MR) is 89.6 cm³/mol. The summed E-state index contributed by atoms with van der Waals surface area (Å²) < 4.78 is 50.6. The van der Waals surface area contributed by atoms with Crippen LogP contribution in [0.1, 0.15) is 11.1 Å². The normalized spacial score (nSPS) is 18.5. The summed E-state index contributed by atoms with van der Waals surface area (Å²) in [6, 6.07) is 7.70. The second-order valence-electron chi connectivity index (χ2n) is 5.74. The fourth-order valence-corrected chi connectivity index (χ4v) is 2.57. The Morgan fingerprint density at radius 3 is 2.50 bits per heavy atom. The van der Waals surface area contributed by atoms with E-state index in [2.05, 4.69) is 5.32 Å². The molecule has 1 aliphatic rings. The molecule has 1 aliphatic heterocycles. The maximum atomic E-state index is 13.6. The minimum absolute atomic E-state index is 0.171. The molecule has 0 radical (unpaired) electrons. The molecule has 3 rings (SSSR count). The van der Waals surface area contributed by atoms with E-state index in [9.17, 15) is 18.0 Å². The molecule has 2 amide bonds. The van der Waals surface area contributed by atoms with Crippen LogP contribution in [-0.2, 0) is 0 Å². The third kappa shape index (κ3) is 3.24. The molecule has 0 aliphatic carbocycles. The van der Waals surface area contributed by atoms with Crippen molar-refractivity contribution < 1.29 is 27.4 Å². The van der Waals surface area contributed by atoms with E-state index in [4.69, 9.17) is 21.1 Å². The molecule has 0 spiro atoms. The Morgan fingerprint density at radius 2 is 1.81 bits per heavy atom. The summed E-state index contributed by atoms with van der Waals surface area (Å²) in [6.07, 6.45) is -5.04. The van der Waals surface area contributed by atoms with Crippen LogP contribution in [0.2, 0.25) is 5.02 Å². The van der Waals surface area contributed by atoms with Crippen LogP contribution < -0.4 is 20.1 Å². The van der Waals surface area contributed by atoms with E-state index in [0.717, 1.165) is 11.1 Å². The molecular weight excluding hydrogens is 373 g/mol.